The van der Waals surface area contributed by atoms with Crippen molar-refractivity contribution in [3.63, 3.8) is 0 Å². The highest BCUT2D eigenvalue weighted by Crippen LogP contribution is 2.20. The molecular weight excluding hydrogens is 251 g/mol. The number of nitrogens with one attached hydrogen (secondary N) is 1. The van der Waals surface area contributed by atoms with Crippen molar-refractivity contribution >= 4 is 17.5 Å². The van der Waals surface area contributed by atoms with Gasteiger partial charge in [0.15, 0.2) is 0 Å². The van der Waals surface area contributed by atoms with Gasteiger partial charge in [0.05, 0.1) is 5.69 Å². The summed E-state index contributed by atoms with van der Waals surface area (Å²) in [6.45, 7) is 1.68. The summed E-state index contributed by atoms with van der Waals surface area (Å²) >= 11 is 0. The topological polar surface area (TPSA) is 78.7 Å². The molecule has 0 radical (unpaired) electrons. The van der Waals surface area contributed by atoms with Crippen LogP contribution < -0.4 is 16.2 Å². The smallest absolute Gasteiger partial charge is 0.323 e. The van der Waals surface area contributed by atoms with Crippen molar-refractivity contribution in [1.82, 2.24) is 10.3 Å². The van der Waals surface area contributed by atoms with Crippen LogP contribution in [-0.4, -0.2) is 42.9 Å². The highest BCUT2D eigenvalue weighted by molar-refractivity contribution is 6.34. The number of halogens is 1. The van der Waals surface area contributed by atoms with Gasteiger partial charge in [-0.3, -0.25) is 15.0 Å². The summed E-state index contributed by atoms with van der Waals surface area (Å²) in [5.74, 6) is 3.13. The molecule has 0 unspecified atom stereocenters. The van der Waals surface area contributed by atoms with Gasteiger partial charge in [0, 0.05) is 26.2 Å². The fourth-order valence-corrected chi connectivity index (χ4v) is 2.06. The lowest BCUT2D eigenvalue weighted by molar-refractivity contribution is -0.146. The number of rotatable bonds is 1. The first-order valence-corrected chi connectivity index (χ1v) is 5.93. The Kier molecular flexibility index (Phi) is 3.96. The van der Waals surface area contributed by atoms with E-state index in [4.69, 9.17) is 5.84 Å². The lowest BCUT2D eigenvalue weighted by atomic mass is 10.2. The predicted octanol–water partition coefficient (Wildman–Crippen LogP) is -0.536. The molecule has 1 aliphatic heterocycles. The zero-order valence-electron chi connectivity index (χ0n) is 10.3. The molecule has 102 valence electrons. The molecule has 0 bridgehead atoms. The molecule has 0 atom stereocenters. The van der Waals surface area contributed by atoms with Crippen molar-refractivity contribution in [3.05, 3.63) is 30.1 Å². The number of carbonyl (C=O) groups is 2. The molecule has 1 saturated heterocycles. The third-order valence-corrected chi connectivity index (χ3v) is 3.09. The number of piperazine rings is 1. The van der Waals surface area contributed by atoms with Crippen LogP contribution in [0.1, 0.15) is 0 Å². The van der Waals surface area contributed by atoms with Crippen LogP contribution >= 0.6 is 0 Å². The van der Waals surface area contributed by atoms with Gasteiger partial charge in [-0.2, -0.15) is 0 Å². The molecule has 19 heavy (non-hydrogen) atoms. The first-order chi connectivity index (χ1) is 9.13. The van der Waals surface area contributed by atoms with Gasteiger partial charge in [0.1, 0.15) is 5.82 Å². The maximum absolute atomic E-state index is 13.6. The monoisotopic (exact) mass is 266 g/mol. The van der Waals surface area contributed by atoms with Crippen molar-refractivity contribution in [3.8, 4) is 0 Å². The molecule has 3 N–H and O–H groups in total. The van der Waals surface area contributed by atoms with E-state index >= 15 is 0 Å². The van der Waals surface area contributed by atoms with Gasteiger partial charge in [-0.15, -0.1) is 0 Å². The van der Waals surface area contributed by atoms with E-state index in [0.717, 1.165) is 0 Å². The summed E-state index contributed by atoms with van der Waals surface area (Å²) in [4.78, 5) is 25.9. The Balaban J connectivity index is 1.98. The zero-order valence-corrected chi connectivity index (χ0v) is 10.3. The molecule has 7 heteroatoms. The van der Waals surface area contributed by atoms with Crippen molar-refractivity contribution in [2.75, 3.05) is 31.1 Å². The van der Waals surface area contributed by atoms with E-state index < -0.39 is 11.8 Å². The number of hydrogen-bond acceptors (Lipinski definition) is 4. The Bertz CT molecular complexity index is 486. The Morgan fingerprint density at radius 1 is 1.16 bits per heavy atom. The molecule has 2 rings (SSSR count). The fourth-order valence-electron chi connectivity index (χ4n) is 2.06. The molecule has 0 aliphatic carbocycles. The van der Waals surface area contributed by atoms with E-state index in [2.05, 4.69) is 0 Å². The number of anilines is 1. The molecule has 1 aromatic carbocycles. The highest BCUT2D eigenvalue weighted by atomic mass is 19.1. The minimum absolute atomic E-state index is 0.290. The lowest BCUT2D eigenvalue weighted by Crippen LogP contribution is -2.53. The lowest BCUT2D eigenvalue weighted by Gasteiger charge is -2.35. The van der Waals surface area contributed by atoms with Crippen molar-refractivity contribution in [1.29, 1.82) is 0 Å². The number of carbonyl (C=O) groups excluding carboxylic acids is 2. The van der Waals surface area contributed by atoms with Crippen LogP contribution in [0.15, 0.2) is 24.3 Å². The summed E-state index contributed by atoms with van der Waals surface area (Å²) in [7, 11) is 0. The van der Waals surface area contributed by atoms with Gasteiger partial charge < -0.3 is 9.80 Å². The van der Waals surface area contributed by atoms with Crippen LogP contribution in [0.2, 0.25) is 0 Å². The maximum atomic E-state index is 13.6. The Labute approximate surface area is 109 Å². The molecule has 1 heterocycles. The van der Waals surface area contributed by atoms with Crippen LogP contribution in [0.5, 0.6) is 0 Å². The van der Waals surface area contributed by atoms with Crippen molar-refractivity contribution in [2.24, 2.45) is 5.84 Å². The van der Waals surface area contributed by atoms with E-state index in [0.29, 0.717) is 31.9 Å². The number of nitrogens with zero attached hydrogens (tertiary/aromatic N) is 2. The van der Waals surface area contributed by atoms with E-state index in [9.17, 15) is 14.0 Å². The van der Waals surface area contributed by atoms with Gasteiger partial charge in [-0.05, 0) is 12.1 Å². The molecule has 1 aliphatic rings. The third-order valence-electron chi connectivity index (χ3n) is 3.09. The number of para-hydroxylation sites is 1. The molecule has 1 fully saturated rings. The molecule has 0 saturated carbocycles. The number of hydrazine groups is 1. The summed E-state index contributed by atoms with van der Waals surface area (Å²) in [6.07, 6.45) is 0. The Hall–Kier alpha value is -2.15. The first kappa shape index (κ1) is 13.3. The first-order valence-electron chi connectivity index (χ1n) is 5.93. The van der Waals surface area contributed by atoms with Crippen LogP contribution in [0, 0.1) is 5.82 Å². The molecular formula is C12H15FN4O2. The zero-order chi connectivity index (χ0) is 13.8. The standard InChI is InChI=1S/C12H15FN4O2/c13-9-3-1-2-4-10(9)16-5-7-17(8-6-16)12(19)11(18)15-14/h1-4H,5-8,14H2,(H,15,18). The van der Waals surface area contributed by atoms with E-state index in [-0.39, 0.29) is 5.82 Å². The largest absolute Gasteiger partial charge is 0.366 e. The van der Waals surface area contributed by atoms with Gasteiger partial charge in [0.25, 0.3) is 0 Å². The average Bonchev–Trinajstić information content (AvgIpc) is 2.46. The highest BCUT2D eigenvalue weighted by Gasteiger charge is 2.26. The third kappa shape index (κ3) is 2.82. The molecule has 2 amide bonds. The van der Waals surface area contributed by atoms with Gasteiger partial charge in [0.2, 0.25) is 0 Å². The Morgan fingerprint density at radius 2 is 1.79 bits per heavy atom. The maximum Gasteiger partial charge on any atom is 0.323 e. The molecule has 1 aromatic rings. The van der Waals surface area contributed by atoms with Gasteiger partial charge >= 0.3 is 11.8 Å². The number of benzene rings is 1. The molecule has 6 nitrogen and oxygen atoms in total. The number of nitrogens with two attached hydrogens (primary N) is 1. The average molecular weight is 266 g/mol. The van der Waals surface area contributed by atoms with Crippen molar-refractivity contribution < 1.29 is 14.0 Å². The van der Waals surface area contributed by atoms with Crippen LogP contribution in [-0.2, 0) is 9.59 Å². The number of amides is 2. The Morgan fingerprint density at radius 3 is 2.37 bits per heavy atom. The van der Waals surface area contributed by atoms with E-state index in [1.807, 2.05) is 10.3 Å². The predicted molar refractivity (Wildman–Crippen MR) is 67.5 cm³/mol. The minimum atomic E-state index is -0.834. The summed E-state index contributed by atoms with van der Waals surface area (Å²) in [5, 5.41) is 0. The van der Waals surface area contributed by atoms with Crippen LogP contribution in [0.3, 0.4) is 0 Å². The van der Waals surface area contributed by atoms with Crippen LogP contribution in [0.25, 0.3) is 0 Å². The molecule has 0 spiro atoms. The second-order valence-corrected chi connectivity index (χ2v) is 4.20. The summed E-state index contributed by atoms with van der Waals surface area (Å²) in [5.41, 5.74) is 2.32. The quantitative estimate of drug-likeness (QED) is 0.310. The second-order valence-electron chi connectivity index (χ2n) is 4.20. The fraction of sp³-hybridized carbons (Fsp3) is 0.333. The number of hydrogen-bond donors (Lipinski definition) is 2. The van der Waals surface area contributed by atoms with Crippen molar-refractivity contribution in [2.45, 2.75) is 0 Å². The second kappa shape index (κ2) is 5.66. The molecule has 0 aromatic heterocycles. The van der Waals surface area contributed by atoms with Gasteiger partial charge in [-0.25, -0.2) is 10.2 Å². The van der Waals surface area contributed by atoms with Gasteiger partial charge in [-0.1, -0.05) is 12.1 Å². The van der Waals surface area contributed by atoms with E-state index in [1.165, 1.54) is 11.0 Å². The minimum Gasteiger partial charge on any atom is -0.366 e. The van der Waals surface area contributed by atoms with Crippen LogP contribution in [0.4, 0.5) is 10.1 Å². The normalized spacial score (nSPS) is 15.3. The van der Waals surface area contributed by atoms with E-state index in [1.54, 1.807) is 18.2 Å². The summed E-state index contributed by atoms with van der Waals surface area (Å²) < 4.78 is 13.6. The SMILES string of the molecule is NNC(=O)C(=O)N1CCN(c2ccccc2F)CC1. The summed E-state index contributed by atoms with van der Waals surface area (Å²) in [6, 6.07) is 6.48.